The lowest BCUT2D eigenvalue weighted by Gasteiger charge is -2.45. The number of nitrogens with zero attached hydrogens (tertiary/aromatic N) is 1. The SMILES string of the molecule is CCC1(O)c2ccccc2C(c2ccccc2)C1(C)CN(C)C. The van der Waals surface area contributed by atoms with E-state index in [1.807, 2.05) is 6.07 Å². The summed E-state index contributed by atoms with van der Waals surface area (Å²) in [6, 6.07) is 19.1. The van der Waals surface area contributed by atoms with Crippen molar-refractivity contribution >= 4 is 0 Å². The molecule has 0 saturated carbocycles. The van der Waals surface area contributed by atoms with Crippen LogP contribution in [0.25, 0.3) is 0 Å². The van der Waals surface area contributed by atoms with E-state index in [2.05, 4.69) is 81.4 Å². The molecular weight excluding hydrogens is 282 g/mol. The van der Waals surface area contributed by atoms with Gasteiger partial charge in [-0.05, 0) is 37.2 Å². The van der Waals surface area contributed by atoms with Gasteiger partial charge in [0.25, 0.3) is 0 Å². The van der Waals surface area contributed by atoms with Gasteiger partial charge in [-0.3, -0.25) is 0 Å². The first kappa shape index (κ1) is 16.2. The van der Waals surface area contributed by atoms with Crippen molar-refractivity contribution in [1.29, 1.82) is 0 Å². The average Bonchev–Trinajstić information content (AvgIpc) is 2.73. The van der Waals surface area contributed by atoms with Crippen molar-refractivity contribution in [3.63, 3.8) is 0 Å². The lowest BCUT2D eigenvalue weighted by atomic mass is 9.65. The summed E-state index contributed by atoms with van der Waals surface area (Å²) < 4.78 is 0. The predicted octanol–water partition coefficient (Wildman–Crippen LogP) is 4.00. The minimum atomic E-state index is -0.811. The molecule has 122 valence electrons. The molecule has 0 aromatic heterocycles. The molecule has 3 atom stereocenters. The van der Waals surface area contributed by atoms with Crippen molar-refractivity contribution in [2.75, 3.05) is 20.6 Å². The monoisotopic (exact) mass is 309 g/mol. The van der Waals surface area contributed by atoms with Crippen LogP contribution in [-0.4, -0.2) is 30.6 Å². The first-order valence-electron chi connectivity index (χ1n) is 8.45. The maximum atomic E-state index is 11.7. The molecular formula is C21H27NO. The highest BCUT2D eigenvalue weighted by Crippen LogP contribution is 2.61. The van der Waals surface area contributed by atoms with Crippen molar-refractivity contribution in [2.45, 2.75) is 31.8 Å². The second kappa shape index (κ2) is 5.77. The Hall–Kier alpha value is -1.64. The number of rotatable bonds is 4. The highest BCUT2D eigenvalue weighted by atomic mass is 16.3. The zero-order valence-corrected chi connectivity index (χ0v) is 14.6. The molecule has 0 amide bonds. The summed E-state index contributed by atoms with van der Waals surface area (Å²) in [6.45, 7) is 5.18. The largest absolute Gasteiger partial charge is 0.385 e. The molecule has 2 nitrogen and oxygen atoms in total. The summed E-state index contributed by atoms with van der Waals surface area (Å²) in [5.74, 6) is 0.201. The number of benzene rings is 2. The minimum absolute atomic E-state index is 0.201. The van der Waals surface area contributed by atoms with Gasteiger partial charge in [-0.15, -0.1) is 0 Å². The Morgan fingerprint density at radius 3 is 2.22 bits per heavy atom. The minimum Gasteiger partial charge on any atom is -0.385 e. The summed E-state index contributed by atoms with van der Waals surface area (Å²) in [7, 11) is 4.18. The molecule has 0 fully saturated rings. The number of hydrogen-bond donors (Lipinski definition) is 1. The van der Waals surface area contributed by atoms with Gasteiger partial charge in [-0.1, -0.05) is 68.4 Å². The number of fused-ring (bicyclic) bond motifs is 1. The Bertz CT molecular complexity index is 681. The van der Waals surface area contributed by atoms with Gasteiger partial charge in [-0.2, -0.15) is 0 Å². The van der Waals surface area contributed by atoms with Crippen molar-refractivity contribution < 1.29 is 5.11 Å². The van der Waals surface area contributed by atoms with E-state index >= 15 is 0 Å². The van der Waals surface area contributed by atoms with Gasteiger partial charge in [0.2, 0.25) is 0 Å². The second-order valence-corrected chi connectivity index (χ2v) is 7.30. The van der Waals surface area contributed by atoms with Crippen LogP contribution < -0.4 is 0 Å². The maximum Gasteiger partial charge on any atom is 0.0971 e. The molecule has 0 aliphatic heterocycles. The molecule has 3 rings (SSSR count). The van der Waals surface area contributed by atoms with E-state index in [1.165, 1.54) is 11.1 Å². The summed E-state index contributed by atoms with van der Waals surface area (Å²) in [5, 5.41) is 11.7. The number of aliphatic hydroxyl groups is 1. The Morgan fingerprint density at radius 1 is 1.00 bits per heavy atom. The molecule has 0 heterocycles. The Kier molecular flexibility index (Phi) is 4.07. The van der Waals surface area contributed by atoms with Crippen molar-refractivity contribution in [2.24, 2.45) is 5.41 Å². The highest BCUT2D eigenvalue weighted by Gasteiger charge is 2.58. The van der Waals surface area contributed by atoms with E-state index in [-0.39, 0.29) is 11.3 Å². The molecule has 2 aromatic rings. The zero-order valence-electron chi connectivity index (χ0n) is 14.6. The van der Waals surface area contributed by atoms with E-state index in [9.17, 15) is 5.11 Å². The lowest BCUT2D eigenvalue weighted by Crippen LogP contribution is -2.48. The Labute approximate surface area is 139 Å². The van der Waals surface area contributed by atoms with Crippen LogP contribution in [0.15, 0.2) is 54.6 Å². The normalized spacial score (nSPS) is 29.7. The molecule has 3 unspecified atom stereocenters. The fraction of sp³-hybridized carbons (Fsp3) is 0.429. The summed E-state index contributed by atoms with van der Waals surface area (Å²) in [5.41, 5.74) is 2.58. The van der Waals surface area contributed by atoms with Gasteiger partial charge < -0.3 is 10.0 Å². The first-order chi connectivity index (χ1) is 10.9. The molecule has 0 spiro atoms. The standard InChI is InChI=1S/C21H27NO/c1-5-21(23)18-14-10-9-13-17(18)19(16-11-7-6-8-12-16)20(21,2)15-22(3)4/h6-14,19,23H,5,15H2,1-4H3. The van der Waals surface area contributed by atoms with Crippen molar-refractivity contribution in [3.05, 3.63) is 71.3 Å². The van der Waals surface area contributed by atoms with Crippen LogP contribution in [0, 0.1) is 5.41 Å². The van der Waals surface area contributed by atoms with Gasteiger partial charge in [0.05, 0.1) is 5.60 Å². The second-order valence-electron chi connectivity index (χ2n) is 7.30. The molecule has 0 radical (unpaired) electrons. The van der Waals surface area contributed by atoms with E-state index in [0.717, 1.165) is 18.5 Å². The molecule has 1 N–H and O–H groups in total. The molecule has 0 bridgehead atoms. The lowest BCUT2D eigenvalue weighted by molar-refractivity contribution is -0.0889. The quantitative estimate of drug-likeness (QED) is 0.923. The van der Waals surface area contributed by atoms with Crippen LogP contribution in [0.1, 0.15) is 42.9 Å². The first-order valence-corrected chi connectivity index (χ1v) is 8.45. The van der Waals surface area contributed by atoms with Crippen molar-refractivity contribution in [1.82, 2.24) is 4.90 Å². The fourth-order valence-electron chi connectivity index (χ4n) is 4.68. The van der Waals surface area contributed by atoms with Gasteiger partial charge in [0.15, 0.2) is 0 Å². The Balaban J connectivity index is 2.26. The fourth-order valence-corrected chi connectivity index (χ4v) is 4.68. The molecule has 23 heavy (non-hydrogen) atoms. The summed E-state index contributed by atoms with van der Waals surface area (Å²) >= 11 is 0. The highest BCUT2D eigenvalue weighted by molar-refractivity contribution is 5.50. The van der Waals surface area contributed by atoms with Crippen LogP contribution in [0.2, 0.25) is 0 Å². The van der Waals surface area contributed by atoms with Crippen LogP contribution >= 0.6 is 0 Å². The van der Waals surface area contributed by atoms with Crippen LogP contribution in [0.4, 0.5) is 0 Å². The van der Waals surface area contributed by atoms with Crippen molar-refractivity contribution in [3.8, 4) is 0 Å². The molecule has 1 aliphatic carbocycles. The summed E-state index contributed by atoms with van der Waals surface area (Å²) in [6.07, 6.45) is 0.720. The van der Waals surface area contributed by atoms with Gasteiger partial charge in [-0.25, -0.2) is 0 Å². The van der Waals surface area contributed by atoms with Crippen LogP contribution in [0.5, 0.6) is 0 Å². The Morgan fingerprint density at radius 2 is 1.61 bits per heavy atom. The third kappa shape index (κ3) is 2.32. The zero-order chi connectivity index (χ0) is 16.7. The van der Waals surface area contributed by atoms with Crippen LogP contribution in [0.3, 0.4) is 0 Å². The molecule has 2 aromatic carbocycles. The van der Waals surface area contributed by atoms with E-state index in [4.69, 9.17) is 0 Å². The average molecular weight is 309 g/mol. The molecule has 0 saturated heterocycles. The smallest absolute Gasteiger partial charge is 0.0971 e. The van der Waals surface area contributed by atoms with Gasteiger partial charge in [0.1, 0.15) is 0 Å². The number of hydrogen-bond acceptors (Lipinski definition) is 2. The maximum absolute atomic E-state index is 11.7. The molecule has 2 heteroatoms. The third-order valence-electron chi connectivity index (χ3n) is 5.59. The van der Waals surface area contributed by atoms with Gasteiger partial charge >= 0.3 is 0 Å². The van der Waals surface area contributed by atoms with Gasteiger partial charge in [0, 0.05) is 17.9 Å². The third-order valence-corrected chi connectivity index (χ3v) is 5.59. The van der Waals surface area contributed by atoms with E-state index < -0.39 is 5.60 Å². The van der Waals surface area contributed by atoms with E-state index in [0.29, 0.717) is 0 Å². The van der Waals surface area contributed by atoms with E-state index in [1.54, 1.807) is 0 Å². The predicted molar refractivity (Wildman–Crippen MR) is 95.6 cm³/mol. The molecule has 1 aliphatic rings. The topological polar surface area (TPSA) is 23.5 Å². The summed E-state index contributed by atoms with van der Waals surface area (Å²) in [4.78, 5) is 2.20. The van der Waals surface area contributed by atoms with Crippen LogP contribution in [-0.2, 0) is 5.60 Å².